The number of furan rings is 1. The van der Waals surface area contributed by atoms with Crippen molar-refractivity contribution in [3.05, 3.63) is 58.5 Å². The van der Waals surface area contributed by atoms with Crippen molar-refractivity contribution >= 4 is 11.9 Å². The highest BCUT2D eigenvalue weighted by Crippen LogP contribution is 2.41. The highest BCUT2D eigenvalue weighted by molar-refractivity contribution is 5.97. The molecule has 0 saturated carbocycles. The van der Waals surface area contributed by atoms with Crippen LogP contribution in [0.5, 0.6) is 0 Å². The fourth-order valence-corrected chi connectivity index (χ4v) is 3.66. The van der Waals surface area contributed by atoms with E-state index < -0.39 is 5.97 Å². The fraction of sp³-hybridized carbons (Fsp3) is 0.400. The number of carboxylic acids is 1. The topological polar surface area (TPSA) is 79.5 Å². The summed E-state index contributed by atoms with van der Waals surface area (Å²) < 4.78 is 5.28. The number of hydrogen-bond donors (Lipinski definition) is 2. The van der Waals surface area contributed by atoms with Crippen molar-refractivity contribution in [2.45, 2.75) is 51.5 Å². The van der Waals surface area contributed by atoms with Gasteiger partial charge in [-0.3, -0.25) is 9.59 Å². The fourth-order valence-electron chi connectivity index (χ4n) is 3.66. The second-order valence-electron chi connectivity index (χ2n) is 7.32. The minimum absolute atomic E-state index is 0.0799. The van der Waals surface area contributed by atoms with E-state index in [-0.39, 0.29) is 29.5 Å². The highest BCUT2D eigenvalue weighted by atomic mass is 16.4. The first kappa shape index (κ1) is 17.3. The number of hydrogen-bond acceptors (Lipinski definition) is 3. The molecule has 0 spiro atoms. The van der Waals surface area contributed by atoms with Crippen LogP contribution in [0.4, 0.5) is 0 Å². The van der Waals surface area contributed by atoms with Gasteiger partial charge >= 0.3 is 5.97 Å². The molecule has 2 N–H and O–H groups in total. The van der Waals surface area contributed by atoms with Crippen LogP contribution in [-0.2, 0) is 16.6 Å². The van der Waals surface area contributed by atoms with Gasteiger partial charge in [0.15, 0.2) is 0 Å². The average Bonchev–Trinajstić information content (AvgIpc) is 2.90. The third-order valence-electron chi connectivity index (χ3n) is 5.02. The van der Waals surface area contributed by atoms with E-state index in [0.717, 1.165) is 18.4 Å². The van der Waals surface area contributed by atoms with Crippen molar-refractivity contribution in [3.63, 3.8) is 0 Å². The van der Waals surface area contributed by atoms with Crippen LogP contribution in [-0.4, -0.2) is 17.0 Å². The number of rotatable bonds is 4. The van der Waals surface area contributed by atoms with Gasteiger partial charge < -0.3 is 14.8 Å². The van der Waals surface area contributed by atoms with E-state index in [1.165, 1.54) is 11.8 Å². The molecule has 1 unspecified atom stereocenters. The second kappa shape index (κ2) is 6.39. The molecule has 1 aromatic heterocycles. The maximum absolute atomic E-state index is 12.8. The van der Waals surface area contributed by atoms with Crippen LogP contribution >= 0.6 is 0 Å². The second-order valence-corrected chi connectivity index (χ2v) is 7.32. The number of carbonyl (C=O) groups excluding carboxylic acids is 1. The summed E-state index contributed by atoms with van der Waals surface area (Å²) in [6, 6.07) is 8.10. The van der Waals surface area contributed by atoms with Gasteiger partial charge in [0.25, 0.3) is 5.91 Å². The normalized spacial score (nSPS) is 18.4. The summed E-state index contributed by atoms with van der Waals surface area (Å²) in [7, 11) is 0. The van der Waals surface area contributed by atoms with E-state index in [2.05, 4.69) is 31.3 Å². The molecular weight excluding hydrogens is 318 g/mol. The number of aryl methyl sites for hydroxylation is 1. The number of benzene rings is 1. The Balaban J connectivity index is 1.88. The number of nitrogens with one attached hydrogen (secondary N) is 1. The first-order chi connectivity index (χ1) is 11.8. The molecule has 1 atom stereocenters. The predicted molar refractivity (Wildman–Crippen MR) is 93.7 cm³/mol. The lowest BCUT2D eigenvalue weighted by Gasteiger charge is -2.37. The molecule has 2 aromatic rings. The third kappa shape index (κ3) is 3.31. The Morgan fingerprint density at radius 2 is 2.04 bits per heavy atom. The summed E-state index contributed by atoms with van der Waals surface area (Å²) in [5.41, 5.74) is 3.45. The quantitative estimate of drug-likeness (QED) is 0.887. The van der Waals surface area contributed by atoms with Gasteiger partial charge in [0.2, 0.25) is 0 Å². The van der Waals surface area contributed by atoms with E-state index in [9.17, 15) is 9.59 Å². The van der Waals surface area contributed by atoms with E-state index in [0.29, 0.717) is 11.1 Å². The Labute approximate surface area is 147 Å². The smallest absolute Gasteiger partial charge is 0.311 e. The van der Waals surface area contributed by atoms with Gasteiger partial charge in [0, 0.05) is 5.56 Å². The molecule has 25 heavy (non-hydrogen) atoms. The summed E-state index contributed by atoms with van der Waals surface area (Å²) >= 11 is 0. The molecule has 0 bridgehead atoms. The number of amides is 1. The maximum atomic E-state index is 12.8. The Morgan fingerprint density at radius 1 is 1.32 bits per heavy atom. The Kier molecular flexibility index (Phi) is 4.41. The van der Waals surface area contributed by atoms with Gasteiger partial charge in [-0.25, -0.2) is 0 Å². The van der Waals surface area contributed by atoms with E-state index in [1.54, 1.807) is 6.92 Å². The van der Waals surface area contributed by atoms with Crippen LogP contribution in [0.15, 0.2) is 34.9 Å². The molecule has 5 heteroatoms. The molecular formula is C20H23NO4. The number of carbonyl (C=O) groups is 2. The summed E-state index contributed by atoms with van der Waals surface area (Å²) in [6.45, 7) is 6.19. The van der Waals surface area contributed by atoms with Gasteiger partial charge in [-0.05, 0) is 36.3 Å². The molecule has 5 nitrogen and oxygen atoms in total. The molecule has 1 aromatic carbocycles. The lowest BCUT2D eigenvalue weighted by atomic mass is 9.71. The van der Waals surface area contributed by atoms with E-state index in [1.807, 2.05) is 12.1 Å². The lowest BCUT2D eigenvalue weighted by Crippen LogP contribution is -2.36. The van der Waals surface area contributed by atoms with Gasteiger partial charge in [0.1, 0.15) is 12.2 Å². The zero-order valence-electron chi connectivity index (χ0n) is 14.8. The Hall–Kier alpha value is -2.56. The molecule has 1 heterocycles. The highest BCUT2D eigenvalue weighted by Gasteiger charge is 2.33. The SMILES string of the molecule is Cc1coc(CC(=O)O)c1C(=O)NC1CCC(C)(C)c2ccccc21. The molecule has 132 valence electrons. The summed E-state index contributed by atoms with van der Waals surface area (Å²) in [5, 5.41) is 12.1. The monoisotopic (exact) mass is 341 g/mol. The van der Waals surface area contributed by atoms with Crippen molar-refractivity contribution in [3.8, 4) is 0 Å². The first-order valence-electron chi connectivity index (χ1n) is 8.48. The van der Waals surface area contributed by atoms with Crippen LogP contribution < -0.4 is 5.32 Å². The molecule has 0 fully saturated rings. The van der Waals surface area contributed by atoms with Crippen LogP contribution in [0.1, 0.15) is 65.5 Å². The van der Waals surface area contributed by atoms with Gasteiger partial charge in [-0.1, -0.05) is 38.1 Å². The standard InChI is InChI=1S/C20H23NO4/c1-12-11-25-16(10-17(22)23)18(12)19(24)21-15-8-9-20(2,3)14-7-5-4-6-13(14)15/h4-7,11,15H,8-10H2,1-3H3,(H,21,24)(H,22,23). The largest absolute Gasteiger partial charge is 0.481 e. The molecule has 0 aliphatic heterocycles. The zero-order valence-corrected chi connectivity index (χ0v) is 14.8. The van der Waals surface area contributed by atoms with Gasteiger partial charge in [-0.15, -0.1) is 0 Å². The van der Waals surface area contributed by atoms with E-state index >= 15 is 0 Å². The van der Waals surface area contributed by atoms with Crippen molar-refractivity contribution < 1.29 is 19.1 Å². The van der Waals surface area contributed by atoms with Crippen molar-refractivity contribution in [1.29, 1.82) is 0 Å². The number of fused-ring (bicyclic) bond motifs is 1. The van der Waals surface area contributed by atoms with Crippen LogP contribution in [0.2, 0.25) is 0 Å². The number of carboxylic acid groups (broad SMARTS) is 1. The molecule has 1 aliphatic carbocycles. The Bertz CT molecular complexity index is 819. The summed E-state index contributed by atoms with van der Waals surface area (Å²) in [4.78, 5) is 23.8. The van der Waals surface area contributed by atoms with Crippen LogP contribution in [0.25, 0.3) is 0 Å². The summed E-state index contributed by atoms with van der Waals surface area (Å²) in [6.07, 6.45) is 2.96. The zero-order chi connectivity index (χ0) is 18.2. The van der Waals surface area contributed by atoms with Crippen LogP contribution in [0.3, 0.4) is 0 Å². The molecule has 0 radical (unpaired) electrons. The minimum atomic E-state index is -1.02. The Morgan fingerprint density at radius 3 is 2.76 bits per heavy atom. The van der Waals surface area contributed by atoms with Gasteiger partial charge in [0.05, 0.1) is 17.9 Å². The third-order valence-corrected chi connectivity index (χ3v) is 5.02. The van der Waals surface area contributed by atoms with E-state index in [4.69, 9.17) is 9.52 Å². The van der Waals surface area contributed by atoms with Crippen LogP contribution in [0, 0.1) is 6.92 Å². The summed E-state index contributed by atoms with van der Waals surface area (Å²) in [5.74, 6) is -1.10. The molecule has 1 amide bonds. The van der Waals surface area contributed by atoms with Crippen molar-refractivity contribution in [1.82, 2.24) is 5.32 Å². The van der Waals surface area contributed by atoms with Crippen molar-refractivity contribution in [2.75, 3.05) is 0 Å². The lowest BCUT2D eigenvalue weighted by molar-refractivity contribution is -0.136. The molecule has 1 aliphatic rings. The first-order valence-corrected chi connectivity index (χ1v) is 8.48. The minimum Gasteiger partial charge on any atom is -0.481 e. The maximum Gasteiger partial charge on any atom is 0.311 e. The average molecular weight is 341 g/mol. The molecule has 3 rings (SSSR count). The molecule has 0 saturated heterocycles. The van der Waals surface area contributed by atoms with Gasteiger partial charge in [-0.2, -0.15) is 0 Å². The van der Waals surface area contributed by atoms with Crippen molar-refractivity contribution in [2.24, 2.45) is 0 Å². The predicted octanol–water partition coefficient (Wildman–Crippen LogP) is 3.76. The number of aliphatic carboxylic acids is 1.